The summed E-state index contributed by atoms with van der Waals surface area (Å²) in [7, 11) is -0.350. The first-order valence-corrected chi connectivity index (χ1v) is 8.28. The maximum Gasteiger partial charge on any atom is 0.242 e. The number of rotatable bonds is 9. The van der Waals surface area contributed by atoms with Gasteiger partial charge < -0.3 is 15.2 Å². The molecule has 1 aromatic carbocycles. The molecule has 0 bridgehead atoms. The molecule has 6 nitrogen and oxygen atoms in total. The van der Waals surface area contributed by atoms with Gasteiger partial charge in [0, 0.05) is 26.7 Å². The molecule has 1 atom stereocenters. The van der Waals surface area contributed by atoms with Gasteiger partial charge in [-0.3, -0.25) is 0 Å². The lowest BCUT2D eigenvalue weighted by Gasteiger charge is -2.16. The Morgan fingerprint density at radius 2 is 1.86 bits per heavy atom. The van der Waals surface area contributed by atoms with Crippen molar-refractivity contribution in [1.29, 1.82) is 0 Å². The van der Waals surface area contributed by atoms with E-state index in [-0.39, 0.29) is 17.5 Å². The number of hydrogen-bond donors (Lipinski definition) is 2. The van der Waals surface area contributed by atoms with Crippen LogP contribution in [0.1, 0.15) is 18.5 Å². The molecule has 0 aliphatic heterocycles. The molecule has 0 saturated carbocycles. The Labute approximate surface area is 126 Å². The number of nitrogens with zero attached hydrogens (tertiary/aromatic N) is 1. The van der Waals surface area contributed by atoms with Gasteiger partial charge in [-0.15, -0.1) is 0 Å². The van der Waals surface area contributed by atoms with Crippen LogP contribution in [0.3, 0.4) is 0 Å². The van der Waals surface area contributed by atoms with Gasteiger partial charge in [-0.05, 0) is 24.6 Å². The highest BCUT2D eigenvalue weighted by molar-refractivity contribution is 7.89. The van der Waals surface area contributed by atoms with E-state index in [0.717, 1.165) is 5.56 Å². The third-order valence-corrected chi connectivity index (χ3v) is 4.92. The summed E-state index contributed by atoms with van der Waals surface area (Å²) in [5.41, 5.74) is 1.01. The molecular weight excluding hydrogens is 292 g/mol. The molecule has 0 radical (unpaired) electrons. The van der Waals surface area contributed by atoms with Crippen LogP contribution in [0.4, 0.5) is 0 Å². The predicted octanol–water partition coefficient (Wildman–Crippen LogP) is 0.596. The van der Waals surface area contributed by atoms with Crippen LogP contribution in [0.2, 0.25) is 0 Å². The second-order valence-corrected chi connectivity index (χ2v) is 7.02. The molecule has 0 aliphatic rings. The monoisotopic (exact) mass is 316 g/mol. The molecule has 21 heavy (non-hydrogen) atoms. The lowest BCUT2D eigenvalue weighted by Crippen LogP contribution is -2.24. The Bertz CT molecular complexity index is 514. The van der Waals surface area contributed by atoms with Gasteiger partial charge in [-0.2, -0.15) is 0 Å². The molecule has 120 valence electrons. The molecule has 0 heterocycles. The normalized spacial score (nSPS) is 13.6. The van der Waals surface area contributed by atoms with Crippen molar-refractivity contribution in [2.75, 3.05) is 40.5 Å². The van der Waals surface area contributed by atoms with E-state index < -0.39 is 10.0 Å². The fourth-order valence-corrected chi connectivity index (χ4v) is 2.67. The zero-order valence-corrected chi connectivity index (χ0v) is 13.6. The Kier molecular flexibility index (Phi) is 7.27. The van der Waals surface area contributed by atoms with Crippen molar-refractivity contribution in [1.82, 2.24) is 9.62 Å². The van der Waals surface area contributed by atoms with Crippen molar-refractivity contribution < 1.29 is 18.3 Å². The lowest BCUT2D eigenvalue weighted by molar-refractivity contribution is 0.0928. The van der Waals surface area contributed by atoms with Crippen molar-refractivity contribution >= 4 is 10.0 Å². The lowest BCUT2D eigenvalue weighted by atomic mass is 10.1. The summed E-state index contributed by atoms with van der Waals surface area (Å²) >= 11 is 0. The number of hydrogen-bond acceptors (Lipinski definition) is 5. The van der Waals surface area contributed by atoms with Gasteiger partial charge in [0.2, 0.25) is 10.0 Å². The molecule has 1 aromatic rings. The minimum absolute atomic E-state index is 0.0252. The zero-order chi connectivity index (χ0) is 15.9. The molecule has 0 spiro atoms. The predicted molar refractivity (Wildman–Crippen MR) is 81.6 cm³/mol. The maximum absolute atomic E-state index is 12.0. The van der Waals surface area contributed by atoms with Crippen LogP contribution in [0.5, 0.6) is 0 Å². The zero-order valence-electron chi connectivity index (χ0n) is 12.7. The highest BCUT2D eigenvalue weighted by Crippen LogP contribution is 2.17. The van der Waals surface area contributed by atoms with Gasteiger partial charge in [-0.25, -0.2) is 12.7 Å². The fraction of sp³-hybridized carbons (Fsp3) is 0.571. The van der Waals surface area contributed by atoms with Crippen LogP contribution in [0.15, 0.2) is 29.2 Å². The van der Waals surface area contributed by atoms with E-state index in [1.807, 2.05) is 19.1 Å². The molecule has 1 rings (SSSR count). The van der Waals surface area contributed by atoms with Gasteiger partial charge >= 0.3 is 0 Å². The second-order valence-electron chi connectivity index (χ2n) is 4.87. The van der Waals surface area contributed by atoms with Crippen molar-refractivity contribution in [3.05, 3.63) is 29.8 Å². The van der Waals surface area contributed by atoms with Crippen molar-refractivity contribution in [3.8, 4) is 0 Å². The first-order valence-electron chi connectivity index (χ1n) is 6.84. The molecule has 0 saturated heterocycles. The third-order valence-electron chi connectivity index (χ3n) is 3.09. The summed E-state index contributed by atoms with van der Waals surface area (Å²) in [4.78, 5) is 0.287. The first-order chi connectivity index (χ1) is 9.89. The molecule has 0 fully saturated rings. The van der Waals surface area contributed by atoms with E-state index in [2.05, 4.69) is 5.32 Å². The smallest absolute Gasteiger partial charge is 0.242 e. The average molecular weight is 316 g/mol. The van der Waals surface area contributed by atoms with Gasteiger partial charge in [0.15, 0.2) is 0 Å². The molecule has 0 aromatic heterocycles. The van der Waals surface area contributed by atoms with Crippen LogP contribution < -0.4 is 5.32 Å². The van der Waals surface area contributed by atoms with E-state index in [1.165, 1.54) is 18.4 Å². The van der Waals surface area contributed by atoms with E-state index in [0.29, 0.717) is 19.8 Å². The number of ether oxygens (including phenoxy) is 1. The molecule has 7 heteroatoms. The van der Waals surface area contributed by atoms with Crippen LogP contribution in [-0.4, -0.2) is 58.3 Å². The number of sulfonamides is 1. The summed E-state index contributed by atoms with van der Waals surface area (Å²) in [5.74, 6) is 0. The minimum Gasteiger partial charge on any atom is -0.394 e. The highest BCUT2D eigenvalue weighted by atomic mass is 32.2. The second kappa shape index (κ2) is 8.45. The van der Waals surface area contributed by atoms with Crippen LogP contribution >= 0.6 is 0 Å². The van der Waals surface area contributed by atoms with Crippen LogP contribution in [-0.2, 0) is 14.8 Å². The number of nitrogens with one attached hydrogen (secondary N) is 1. The van der Waals surface area contributed by atoms with Gasteiger partial charge in [0.05, 0.1) is 24.7 Å². The Morgan fingerprint density at radius 1 is 1.24 bits per heavy atom. The quantitative estimate of drug-likeness (QED) is 0.652. The number of benzene rings is 1. The van der Waals surface area contributed by atoms with Gasteiger partial charge in [0.1, 0.15) is 0 Å². The number of aliphatic hydroxyl groups is 1. The van der Waals surface area contributed by atoms with Gasteiger partial charge in [0.25, 0.3) is 0 Å². The van der Waals surface area contributed by atoms with E-state index >= 15 is 0 Å². The molecule has 2 N–H and O–H groups in total. The number of aliphatic hydroxyl groups excluding tert-OH is 1. The first kappa shape index (κ1) is 18.1. The van der Waals surface area contributed by atoms with Crippen molar-refractivity contribution in [2.24, 2.45) is 0 Å². The summed E-state index contributed by atoms with van der Waals surface area (Å²) in [6.45, 7) is 3.56. The summed E-state index contributed by atoms with van der Waals surface area (Å²) in [6.07, 6.45) is 0. The molecule has 0 amide bonds. The van der Waals surface area contributed by atoms with Crippen LogP contribution in [0.25, 0.3) is 0 Å². The van der Waals surface area contributed by atoms with E-state index in [1.54, 1.807) is 12.1 Å². The Balaban J connectivity index is 2.58. The van der Waals surface area contributed by atoms with Gasteiger partial charge in [-0.1, -0.05) is 12.1 Å². The standard InChI is InChI=1S/C14H24N2O4S/c1-12(15-8-10-20-11-9-17)13-4-6-14(7-5-13)21(18,19)16(2)3/h4-7,12,15,17H,8-11H2,1-3H3. The minimum atomic E-state index is -3.38. The molecule has 0 aliphatic carbocycles. The van der Waals surface area contributed by atoms with E-state index in [9.17, 15) is 8.42 Å². The largest absolute Gasteiger partial charge is 0.394 e. The maximum atomic E-state index is 12.0. The fourth-order valence-electron chi connectivity index (χ4n) is 1.77. The Morgan fingerprint density at radius 3 is 2.38 bits per heavy atom. The Hall–Kier alpha value is -0.990. The molecular formula is C14H24N2O4S. The highest BCUT2D eigenvalue weighted by Gasteiger charge is 2.17. The van der Waals surface area contributed by atoms with Crippen LogP contribution in [0, 0.1) is 0 Å². The topological polar surface area (TPSA) is 78.9 Å². The third kappa shape index (κ3) is 5.37. The summed E-state index contributed by atoms with van der Waals surface area (Å²) < 4.78 is 30.3. The SMILES string of the molecule is CC(NCCOCCO)c1ccc(S(=O)(=O)N(C)C)cc1. The van der Waals surface area contributed by atoms with Crippen molar-refractivity contribution in [2.45, 2.75) is 17.9 Å². The summed E-state index contributed by atoms with van der Waals surface area (Å²) in [5, 5.41) is 11.9. The van der Waals surface area contributed by atoms with Crippen molar-refractivity contribution in [3.63, 3.8) is 0 Å². The average Bonchev–Trinajstić information content (AvgIpc) is 2.46. The summed E-state index contributed by atoms with van der Waals surface area (Å²) in [6, 6.07) is 6.94. The van der Waals surface area contributed by atoms with E-state index in [4.69, 9.17) is 9.84 Å². The molecule has 1 unspecified atom stereocenters.